The second-order valence-electron chi connectivity index (χ2n) is 5.97. The van der Waals surface area contributed by atoms with E-state index in [1.807, 2.05) is 13.8 Å². The molecule has 25 heavy (non-hydrogen) atoms. The number of hydrogen-bond donors (Lipinski definition) is 2. The number of aliphatic imine (C=N–C) groups is 1. The summed E-state index contributed by atoms with van der Waals surface area (Å²) in [4.78, 5) is 15.7. The number of esters is 1. The smallest absolute Gasteiger partial charge is 0.305 e. The first-order valence-corrected chi connectivity index (χ1v) is 10.7. The zero-order valence-electron chi connectivity index (χ0n) is 15.3. The average molecular weight is 489 g/mol. The predicted molar refractivity (Wildman–Crippen MR) is 111 cm³/mol. The fourth-order valence-electron chi connectivity index (χ4n) is 2.58. The van der Waals surface area contributed by atoms with Gasteiger partial charge in [0.15, 0.2) is 15.8 Å². The van der Waals surface area contributed by atoms with Gasteiger partial charge in [0.1, 0.15) is 0 Å². The summed E-state index contributed by atoms with van der Waals surface area (Å²) < 4.78 is 27.9. The molecule has 2 N–H and O–H groups in total. The number of sulfone groups is 1. The van der Waals surface area contributed by atoms with E-state index in [1.54, 1.807) is 0 Å². The molecule has 0 spiro atoms. The van der Waals surface area contributed by atoms with Gasteiger partial charge in [-0.3, -0.25) is 9.79 Å². The monoisotopic (exact) mass is 489 g/mol. The third-order valence-electron chi connectivity index (χ3n) is 3.78. The van der Waals surface area contributed by atoms with Crippen molar-refractivity contribution in [2.24, 2.45) is 4.99 Å². The first-order valence-electron chi connectivity index (χ1n) is 8.87. The van der Waals surface area contributed by atoms with Crippen LogP contribution in [0.2, 0.25) is 0 Å². The largest absolute Gasteiger partial charge is 0.466 e. The molecule has 0 saturated carbocycles. The van der Waals surface area contributed by atoms with Crippen molar-refractivity contribution in [3.05, 3.63) is 0 Å². The molecule has 1 unspecified atom stereocenters. The van der Waals surface area contributed by atoms with Gasteiger partial charge >= 0.3 is 5.97 Å². The number of rotatable bonds is 10. The molecule has 148 valence electrons. The van der Waals surface area contributed by atoms with E-state index in [4.69, 9.17) is 4.74 Å². The number of carbonyl (C=O) groups is 1. The summed E-state index contributed by atoms with van der Waals surface area (Å²) >= 11 is 0. The molecular weight excluding hydrogens is 457 g/mol. The maximum Gasteiger partial charge on any atom is 0.305 e. The van der Waals surface area contributed by atoms with Gasteiger partial charge in [-0.25, -0.2) is 8.42 Å². The molecule has 1 aliphatic heterocycles. The summed E-state index contributed by atoms with van der Waals surface area (Å²) in [6.45, 7) is 5.67. The van der Waals surface area contributed by atoms with Crippen molar-refractivity contribution in [2.45, 2.75) is 58.4 Å². The van der Waals surface area contributed by atoms with Crippen LogP contribution in [0, 0.1) is 0 Å². The van der Waals surface area contributed by atoms with Gasteiger partial charge in [0.25, 0.3) is 0 Å². The van der Waals surface area contributed by atoms with Crippen molar-refractivity contribution in [1.82, 2.24) is 10.6 Å². The van der Waals surface area contributed by atoms with Crippen LogP contribution in [-0.4, -0.2) is 57.6 Å². The van der Waals surface area contributed by atoms with Crippen LogP contribution in [0.25, 0.3) is 0 Å². The quantitative estimate of drug-likeness (QED) is 0.160. The normalized spacial score (nSPS) is 19.1. The summed E-state index contributed by atoms with van der Waals surface area (Å²) in [5.74, 6) is 1.00. The summed E-state index contributed by atoms with van der Waals surface area (Å²) in [5, 5.41) is 6.35. The number of hydrogen-bond acceptors (Lipinski definition) is 5. The van der Waals surface area contributed by atoms with E-state index < -0.39 is 9.84 Å². The molecule has 0 radical (unpaired) electrons. The second kappa shape index (κ2) is 13.6. The van der Waals surface area contributed by atoms with Crippen LogP contribution in [0.3, 0.4) is 0 Å². The Kier molecular flexibility index (Phi) is 13.3. The first-order chi connectivity index (χ1) is 11.5. The summed E-state index contributed by atoms with van der Waals surface area (Å²) in [7, 11) is -2.89. The molecule has 1 heterocycles. The number of nitrogens with zero attached hydrogens (tertiary/aromatic N) is 1. The van der Waals surface area contributed by atoms with Crippen molar-refractivity contribution in [1.29, 1.82) is 0 Å². The highest BCUT2D eigenvalue weighted by molar-refractivity contribution is 14.0. The third-order valence-corrected chi connectivity index (χ3v) is 5.55. The van der Waals surface area contributed by atoms with Gasteiger partial charge in [0.2, 0.25) is 0 Å². The number of nitrogens with one attached hydrogen (secondary N) is 2. The lowest BCUT2D eigenvalue weighted by molar-refractivity contribution is -0.143. The zero-order chi connectivity index (χ0) is 17.8. The van der Waals surface area contributed by atoms with Crippen LogP contribution in [0.15, 0.2) is 4.99 Å². The van der Waals surface area contributed by atoms with Gasteiger partial charge in [0.05, 0.1) is 18.1 Å². The third kappa shape index (κ3) is 11.6. The van der Waals surface area contributed by atoms with Crippen molar-refractivity contribution in [2.75, 3.05) is 31.2 Å². The standard InChI is InChI=1S/C16H31N3O4S.HI/c1-3-17-16(19-14-10-12-24(21,22)13-14)18-11-8-6-5-7-9-15(20)23-4-2;/h14H,3-13H2,1-2H3,(H2,17,18,19);1H. The molecule has 1 rings (SSSR count). The van der Waals surface area contributed by atoms with E-state index in [9.17, 15) is 13.2 Å². The first kappa shape index (κ1) is 24.4. The molecule has 1 aliphatic rings. The average Bonchev–Trinajstić information content (AvgIpc) is 2.85. The molecule has 9 heteroatoms. The summed E-state index contributed by atoms with van der Waals surface area (Å²) in [5.41, 5.74) is 0. The molecule has 1 saturated heterocycles. The Morgan fingerprint density at radius 2 is 1.92 bits per heavy atom. The molecule has 0 amide bonds. The van der Waals surface area contributed by atoms with Gasteiger partial charge in [-0.05, 0) is 33.1 Å². The number of ether oxygens (including phenoxy) is 1. The SMILES string of the molecule is CCNC(=NCCCCCCC(=O)OCC)NC1CCS(=O)(=O)C1.I. The zero-order valence-corrected chi connectivity index (χ0v) is 18.4. The van der Waals surface area contributed by atoms with E-state index in [0.717, 1.165) is 32.2 Å². The lowest BCUT2D eigenvalue weighted by atomic mass is 10.1. The lowest BCUT2D eigenvalue weighted by Gasteiger charge is -2.15. The highest BCUT2D eigenvalue weighted by atomic mass is 127. The van der Waals surface area contributed by atoms with Gasteiger partial charge in [-0.1, -0.05) is 12.8 Å². The maximum atomic E-state index is 11.5. The molecule has 7 nitrogen and oxygen atoms in total. The molecule has 0 aromatic rings. The van der Waals surface area contributed by atoms with Gasteiger partial charge in [-0.2, -0.15) is 0 Å². The van der Waals surface area contributed by atoms with E-state index in [0.29, 0.717) is 32.0 Å². The fourth-order valence-corrected chi connectivity index (χ4v) is 4.25. The highest BCUT2D eigenvalue weighted by Crippen LogP contribution is 2.11. The van der Waals surface area contributed by atoms with Crippen LogP contribution < -0.4 is 10.6 Å². The van der Waals surface area contributed by atoms with E-state index >= 15 is 0 Å². The molecule has 0 aromatic carbocycles. The maximum absolute atomic E-state index is 11.5. The topological polar surface area (TPSA) is 96.9 Å². The molecule has 0 aliphatic carbocycles. The Balaban J connectivity index is 0.00000576. The van der Waals surface area contributed by atoms with Crippen molar-refractivity contribution in [3.8, 4) is 0 Å². The van der Waals surface area contributed by atoms with Crippen LogP contribution in [-0.2, 0) is 19.4 Å². The van der Waals surface area contributed by atoms with Gasteiger partial charge in [0, 0.05) is 25.6 Å². The minimum atomic E-state index is -2.89. The Labute approximate surface area is 168 Å². The van der Waals surface area contributed by atoms with Gasteiger partial charge < -0.3 is 15.4 Å². The highest BCUT2D eigenvalue weighted by Gasteiger charge is 2.28. The van der Waals surface area contributed by atoms with E-state index in [2.05, 4.69) is 15.6 Å². The number of carbonyl (C=O) groups excluding carboxylic acids is 1. The van der Waals surface area contributed by atoms with Gasteiger partial charge in [-0.15, -0.1) is 24.0 Å². The molecule has 1 atom stereocenters. The van der Waals surface area contributed by atoms with E-state index in [-0.39, 0.29) is 47.5 Å². The van der Waals surface area contributed by atoms with Crippen molar-refractivity contribution < 1.29 is 17.9 Å². The summed E-state index contributed by atoms with van der Waals surface area (Å²) in [6, 6.07) is -0.0441. The van der Waals surface area contributed by atoms with E-state index in [1.165, 1.54) is 0 Å². The molecule has 1 fully saturated rings. The van der Waals surface area contributed by atoms with Crippen LogP contribution in [0.4, 0.5) is 0 Å². The van der Waals surface area contributed by atoms with Crippen molar-refractivity contribution in [3.63, 3.8) is 0 Å². The Morgan fingerprint density at radius 1 is 1.20 bits per heavy atom. The minimum absolute atomic E-state index is 0. The molecule has 0 bridgehead atoms. The van der Waals surface area contributed by atoms with Crippen LogP contribution in [0.1, 0.15) is 52.4 Å². The molecule has 0 aromatic heterocycles. The second-order valence-corrected chi connectivity index (χ2v) is 8.20. The number of unbranched alkanes of at least 4 members (excludes halogenated alkanes) is 3. The Hall–Kier alpha value is -0.580. The number of halogens is 1. The molecular formula is C16H32IN3O4S. The fraction of sp³-hybridized carbons (Fsp3) is 0.875. The number of guanidine groups is 1. The Bertz CT molecular complexity index is 512. The minimum Gasteiger partial charge on any atom is -0.466 e. The summed E-state index contributed by atoms with van der Waals surface area (Å²) in [6.07, 6.45) is 4.92. The lowest BCUT2D eigenvalue weighted by Crippen LogP contribution is -2.44. The van der Waals surface area contributed by atoms with Crippen molar-refractivity contribution >= 4 is 45.7 Å². The van der Waals surface area contributed by atoms with Crippen LogP contribution in [0.5, 0.6) is 0 Å². The predicted octanol–water partition coefficient (Wildman–Crippen LogP) is 1.86. The van der Waals surface area contributed by atoms with Crippen LogP contribution >= 0.6 is 24.0 Å². The Morgan fingerprint density at radius 3 is 2.52 bits per heavy atom.